The Labute approximate surface area is 134 Å². The van der Waals surface area contributed by atoms with E-state index >= 15 is 0 Å². The fourth-order valence-electron chi connectivity index (χ4n) is 2.27. The molecule has 0 aliphatic heterocycles. The molecule has 0 amide bonds. The number of aromatic nitrogens is 2. The van der Waals surface area contributed by atoms with Gasteiger partial charge in [-0.3, -0.25) is 0 Å². The second-order valence-electron chi connectivity index (χ2n) is 5.30. The minimum atomic E-state index is -0.411. The highest BCUT2D eigenvalue weighted by atomic mass is 16.5. The predicted molar refractivity (Wildman–Crippen MR) is 85.8 cm³/mol. The van der Waals surface area contributed by atoms with Crippen LogP contribution >= 0.6 is 0 Å². The molecule has 1 aromatic carbocycles. The zero-order chi connectivity index (χ0) is 16.1. The van der Waals surface area contributed by atoms with Crippen LogP contribution in [0.2, 0.25) is 0 Å². The van der Waals surface area contributed by atoms with E-state index in [1.165, 1.54) is 0 Å². The number of hydrogen-bond donors (Lipinski definition) is 1. The summed E-state index contributed by atoms with van der Waals surface area (Å²) < 4.78 is 10.4. The summed E-state index contributed by atoms with van der Waals surface area (Å²) in [6.07, 6.45) is 3.42. The van der Waals surface area contributed by atoms with Crippen LogP contribution in [-0.4, -0.2) is 27.9 Å². The van der Waals surface area contributed by atoms with E-state index in [0.717, 1.165) is 11.3 Å². The number of aliphatic hydroxyl groups is 1. The quantitative estimate of drug-likeness (QED) is 0.722. The Hall–Kier alpha value is -2.60. The van der Waals surface area contributed by atoms with Gasteiger partial charge >= 0.3 is 0 Å². The van der Waals surface area contributed by atoms with Gasteiger partial charge in [-0.15, -0.1) is 0 Å². The molecule has 0 saturated heterocycles. The SMILES string of the molecule is CCC(O)CN(Cc1nc(-c2ccoc2)no1)c1ccccc1. The maximum Gasteiger partial charge on any atom is 0.246 e. The summed E-state index contributed by atoms with van der Waals surface area (Å²) in [6.45, 7) is 2.90. The van der Waals surface area contributed by atoms with E-state index in [2.05, 4.69) is 10.1 Å². The molecule has 3 aromatic rings. The van der Waals surface area contributed by atoms with Crippen molar-refractivity contribution in [2.45, 2.75) is 26.0 Å². The molecule has 2 aromatic heterocycles. The van der Waals surface area contributed by atoms with Crippen molar-refractivity contribution < 1.29 is 14.0 Å². The van der Waals surface area contributed by atoms with Crippen LogP contribution in [0.15, 0.2) is 57.9 Å². The van der Waals surface area contributed by atoms with Gasteiger partial charge in [0.25, 0.3) is 0 Å². The van der Waals surface area contributed by atoms with Gasteiger partial charge in [-0.05, 0) is 24.6 Å². The second kappa shape index (κ2) is 7.11. The third-order valence-corrected chi connectivity index (χ3v) is 3.60. The lowest BCUT2D eigenvalue weighted by Gasteiger charge is -2.25. The molecule has 1 N–H and O–H groups in total. The average molecular weight is 313 g/mol. The minimum Gasteiger partial charge on any atom is -0.472 e. The minimum absolute atomic E-state index is 0.411. The smallest absolute Gasteiger partial charge is 0.246 e. The summed E-state index contributed by atoms with van der Waals surface area (Å²) in [5, 5.41) is 14.0. The molecule has 0 aliphatic rings. The van der Waals surface area contributed by atoms with Crippen molar-refractivity contribution in [1.29, 1.82) is 0 Å². The van der Waals surface area contributed by atoms with Crippen LogP contribution in [0.3, 0.4) is 0 Å². The number of rotatable bonds is 7. The first kappa shape index (κ1) is 15.3. The van der Waals surface area contributed by atoms with E-state index in [4.69, 9.17) is 8.94 Å². The Kier molecular flexibility index (Phi) is 4.73. The Morgan fingerprint density at radius 3 is 2.74 bits per heavy atom. The molecule has 6 heteroatoms. The van der Waals surface area contributed by atoms with Crippen LogP contribution in [0, 0.1) is 0 Å². The lowest BCUT2D eigenvalue weighted by atomic mass is 10.2. The third kappa shape index (κ3) is 3.78. The lowest BCUT2D eigenvalue weighted by Crippen LogP contribution is -2.31. The molecule has 0 aliphatic carbocycles. The van der Waals surface area contributed by atoms with E-state index in [9.17, 15) is 5.11 Å². The first-order valence-electron chi connectivity index (χ1n) is 7.59. The number of hydrogen-bond acceptors (Lipinski definition) is 6. The second-order valence-corrected chi connectivity index (χ2v) is 5.30. The molecule has 0 fully saturated rings. The van der Waals surface area contributed by atoms with Gasteiger partial charge in [-0.25, -0.2) is 0 Å². The molecule has 1 atom stereocenters. The van der Waals surface area contributed by atoms with Gasteiger partial charge in [0.2, 0.25) is 11.7 Å². The van der Waals surface area contributed by atoms with Gasteiger partial charge in [0, 0.05) is 12.2 Å². The number of nitrogens with zero attached hydrogens (tertiary/aromatic N) is 3. The average Bonchev–Trinajstić information content (AvgIpc) is 3.26. The molecular formula is C17H19N3O3. The predicted octanol–water partition coefficient (Wildman–Crippen LogP) is 3.11. The number of anilines is 1. The van der Waals surface area contributed by atoms with Gasteiger partial charge in [-0.1, -0.05) is 30.3 Å². The highest BCUT2D eigenvalue weighted by Gasteiger charge is 2.16. The molecule has 1 unspecified atom stereocenters. The van der Waals surface area contributed by atoms with E-state index < -0.39 is 6.10 Å². The van der Waals surface area contributed by atoms with Gasteiger partial charge in [-0.2, -0.15) is 4.98 Å². The fraction of sp³-hybridized carbons (Fsp3) is 0.294. The standard InChI is InChI=1S/C17H19N3O3/c1-2-15(21)10-20(14-6-4-3-5-7-14)11-16-18-17(19-23-16)13-8-9-22-12-13/h3-9,12,15,21H,2,10-11H2,1H3. The van der Waals surface area contributed by atoms with Crippen molar-refractivity contribution in [3.05, 3.63) is 54.8 Å². The maximum atomic E-state index is 10.0. The largest absolute Gasteiger partial charge is 0.472 e. The summed E-state index contributed by atoms with van der Waals surface area (Å²) in [5.74, 6) is 0.992. The molecule has 120 valence electrons. The zero-order valence-electron chi connectivity index (χ0n) is 12.9. The van der Waals surface area contributed by atoms with Crippen LogP contribution in [0.5, 0.6) is 0 Å². The molecule has 23 heavy (non-hydrogen) atoms. The molecular weight excluding hydrogens is 294 g/mol. The van der Waals surface area contributed by atoms with E-state index in [1.54, 1.807) is 18.6 Å². The Bertz CT molecular complexity index is 710. The molecule has 0 spiro atoms. The Balaban J connectivity index is 1.78. The number of benzene rings is 1. The molecule has 0 saturated carbocycles. The Morgan fingerprint density at radius 2 is 2.04 bits per heavy atom. The number of para-hydroxylation sites is 1. The van der Waals surface area contributed by atoms with Crippen molar-refractivity contribution >= 4 is 5.69 Å². The van der Waals surface area contributed by atoms with Gasteiger partial charge in [0.15, 0.2) is 0 Å². The molecule has 2 heterocycles. The zero-order valence-corrected chi connectivity index (χ0v) is 12.9. The van der Waals surface area contributed by atoms with Crippen molar-refractivity contribution in [3.63, 3.8) is 0 Å². The van der Waals surface area contributed by atoms with Crippen LogP contribution in [0.25, 0.3) is 11.4 Å². The molecule has 0 radical (unpaired) electrons. The van der Waals surface area contributed by atoms with Crippen LogP contribution < -0.4 is 4.90 Å². The van der Waals surface area contributed by atoms with Crippen molar-refractivity contribution in [3.8, 4) is 11.4 Å². The molecule has 0 bridgehead atoms. The summed E-state index contributed by atoms with van der Waals surface area (Å²) in [7, 11) is 0. The van der Waals surface area contributed by atoms with Crippen molar-refractivity contribution in [1.82, 2.24) is 10.1 Å². The fourth-order valence-corrected chi connectivity index (χ4v) is 2.27. The highest BCUT2D eigenvalue weighted by molar-refractivity contribution is 5.51. The number of aliphatic hydroxyl groups excluding tert-OH is 1. The first-order valence-corrected chi connectivity index (χ1v) is 7.59. The monoisotopic (exact) mass is 313 g/mol. The molecule has 3 rings (SSSR count). The van der Waals surface area contributed by atoms with Gasteiger partial charge < -0.3 is 18.9 Å². The summed E-state index contributed by atoms with van der Waals surface area (Å²) in [4.78, 5) is 6.42. The van der Waals surface area contributed by atoms with Crippen LogP contribution in [-0.2, 0) is 6.54 Å². The lowest BCUT2D eigenvalue weighted by molar-refractivity contribution is 0.174. The van der Waals surface area contributed by atoms with Gasteiger partial charge in [0.05, 0.1) is 24.5 Å². The normalized spacial score (nSPS) is 12.3. The topological polar surface area (TPSA) is 75.5 Å². The summed E-state index contributed by atoms with van der Waals surface area (Å²) >= 11 is 0. The highest BCUT2D eigenvalue weighted by Crippen LogP contribution is 2.20. The van der Waals surface area contributed by atoms with E-state index in [0.29, 0.717) is 31.2 Å². The van der Waals surface area contributed by atoms with Crippen molar-refractivity contribution in [2.24, 2.45) is 0 Å². The third-order valence-electron chi connectivity index (χ3n) is 3.60. The van der Waals surface area contributed by atoms with E-state index in [1.807, 2.05) is 42.2 Å². The van der Waals surface area contributed by atoms with Crippen molar-refractivity contribution in [2.75, 3.05) is 11.4 Å². The van der Waals surface area contributed by atoms with Gasteiger partial charge in [0.1, 0.15) is 6.26 Å². The first-order chi connectivity index (χ1) is 11.3. The maximum absolute atomic E-state index is 10.0. The molecule has 6 nitrogen and oxygen atoms in total. The summed E-state index contributed by atoms with van der Waals surface area (Å²) in [5.41, 5.74) is 1.78. The van der Waals surface area contributed by atoms with Crippen LogP contribution in [0.1, 0.15) is 19.2 Å². The van der Waals surface area contributed by atoms with Crippen LogP contribution in [0.4, 0.5) is 5.69 Å². The summed E-state index contributed by atoms with van der Waals surface area (Å²) in [6, 6.07) is 11.7. The van der Waals surface area contributed by atoms with E-state index in [-0.39, 0.29) is 0 Å². The Morgan fingerprint density at radius 1 is 1.22 bits per heavy atom. The number of furan rings is 1.